The van der Waals surface area contributed by atoms with Crippen LogP contribution in [-0.4, -0.2) is 15.5 Å². The van der Waals surface area contributed by atoms with E-state index in [2.05, 4.69) is 4.40 Å². The molecule has 0 bridgehead atoms. The second kappa shape index (κ2) is 5.38. The van der Waals surface area contributed by atoms with Crippen molar-refractivity contribution in [3.63, 3.8) is 0 Å². The van der Waals surface area contributed by atoms with Gasteiger partial charge >= 0.3 is 6.18 Å². The Hall–Kier alpha value is -1.47. The molecule has 7 heteroatoms. The van der Waals surface area contributed by atoms with Crippen molar-refractivity contribution in [2.24, 2.45) is 4.40 Å². The molecule has 1 heterocycles. The Morgan fingerprint density at radius 1 is 1.19 bits per heavy atom. The molecule has 0 radical (unpaired) electrons. The molecule has 1 atom stereocenters. The van der Waals surface area contributed by atoms with Gasteiger partial charge in [0.15, 0.2) is 5.76 Å². The minimum Gasteiger partial charge on any atom is -0.591 e. The van der Waals surface area contributed by atoms with Crippen LogP contribution in [-0.2, 0) is 17.5 Å². The number of benzene rings is 1. The summed E-state index contributed by atoms with van der Waals surface area (Å²) >= 11 is -1.45. The molecule has 0 N–H and O–H groups in total. The fraction of sp³-hybridized carbons (Fsp3) is 0.357. The van der Waals surface area contributed by atoms with E-state index in [0.717, 1.165) is 12.1 Å². The molecule has 0 saturated heterocycles. The van der Waals surface area contributed by atoms with Gasteiger partial charge in [-0.25, -0.2) is 0 Å². The van der Waals surface area contributed by atoms with Gasteiger partial charge in [-0.3, -0.25) is 0 Å². The van der Waals surface area contributed by atoms with Crippen LogP contribution in [0, 0.1) is 0 Å². The Kier molecular flexibility index (Phi) is 4.08. The first-order chi connectivity index (χ1) is 9.57. The second-order valence-corrected chi connectivity index (χ2v) is 7.43. The van der Waals surface area contributed by atoms with Gasteiger partial charge < -0.3 is 8.97 Å². The molecule has 0 saturated carbocycles. The molecule has 3 nitrogen and oxygen atoms in total. The van der Waals surface area contributed by atoms with Gasteiger partial charge in [0.2, 0.25) is 0 Å². The van der Waals surface area contributed by atoms with Crippen LogP contribution in [0.15, 0.2) is 33.1 Å². The predicted molar refractivity (Wildman–Crippen MR) is 76.7 cm³/mol. The fourth-order valence-corrected chi connectivity index (χ4v) is 2.08. The molecule has 0 aliphatic carbocycles. The van der Waals surface area contributed by atoms with E-state index in [0.29, 0.717) is 11.0 Å². The van der Waals surface area contributed by atoms with E-state index in [4.69, 9.17) is 4.42 Å². The molecule has 0 spiro atoms. The summed E-state index contributed by atoms with van der Waals surface area (Å²) in [5.74, 6) is 0.266. The van der Waals surface area contributed by atoms with Crippen LogP contribution >= 0.6 is 0 Å². The molecular formula is C14H14F3NO2S. The summed E-state index contributed by atoms with van der Waals surface area (Å²) in [7, 11) is 0. The smallest absolute Gasteiger partial charge is 0.416 e. The highest BCUT2D eigenvalue weighted by Crippen LogP contribution is 2.32. The van der Waals surface area contributed by atoms with Gasteiger partial charge in [-0.15, -0.1) is 0 Å². The van der Waals surface area contributed by atoms with Gasteiger partial charge in [-0.2, -0.15) is 13.2 Å². The van der Waals surface area contributed by atoms with Crippen LogP contribution in [0.5, 0.6) is 0 Å². The summed E-state index contributed by atoms with van der Waals surface area (Å²) in [5, 5.41) is 0.327. The quantitative estimate of drug-likeness (QED) is 0.611. The molecule has 114 valence electrons. The molecule has 21 heavy (non-hydrogen) atoms. The van der Waals surface area contributed by atoms with Crippen LogP contribution in [0.25, 0.3) is 11.0 Å². The average molecular weight is 317 g/mol. The van der Waals surface area contributed by atoms with E-state index in [1.807, 2.05) is 0 Å². The van der Waals surface area contributed by atoms with Crippen molar-refractivity contribution >= 4 is 28.5 Å². The standard InChI is InChI=1S/C14H14F3NO2S/c1-13(2,3)21(19)18-8-11-7-9-6-10(14(15,16)17)4-5-12(9)20-11/h4-8H,1-3H3/b18-8-. The third-order valence-corrected chi connectivity index (χ3v) is 4.01. The lowest BCUT2D eigenvalue weighted by molar-refractivity contribution is -0.137. The predicted octanol–water partition coefficient (Wildman–Crippen LogP) is 4.33. The lowest BCUT2D eigenvalue weighted by atomic mass is 10.1. The van der Waals surface area contributed by atoms with E-state index >= 15 is 0 Å². The number of hydrogen-bond acceptors (Lipinski definition) is 3. The number of halogens is 3. The fourth-order valence-electron chi connectivity index (χ4n) is 1.56. The molecule has 0 aliphatic heterocycles. The van der Waals surface area contributed by atoms with E-state index in [-0.39, 0.29) is 5.76 Å². The van der Waals surface area contributed by atoms with Gasteiger partial charge in [0.05, 0.1) is 5.56 Å². The number of fused-ring (bicyclic) bond motifs is 1. The minimum atomic E-state index is -4.40. The molecule has 2 aromatic rings. The molecule has 0 amide bonds. The van der Waals surface area contributed by atoms with Crippen LogP contribution in [0.2, 0.25) is 0 Å². The Bertz CT molecular complexity index is 671. The summed E-state index contributed by atoms with van der Waals surface area (Å²) < 4.78 is 58.3. The minimum absolute atomic E-state index is 0.266. The van der Waals surface area contributed by atoms with Crippen LogP contribution in [0.1, 0.15) is 32.1 Å². The largest absolute Gasteiger partial charge is 0.591 e. The lowest BCUT2D eigenvalue weighted by Crippen LogP contribution is -2.25. The highest BCUT2D eigenvalue weighted by atomic mass is 32.2. The third-order valence-electron chi connectivity index (χ3n) is 2.66. The van der Waals surface area contributed by atoms with Crippen molar-refractivity contribution in [3.05, 3.63) is 35.6 Å². The maximum absolute atomic E-state index is 12.6. The normalized spacial score (nSPS) is 15.0. The number of nitrogens with zero attached hydrogens (tertiary/aromatic N) is 1. The van der Waals surface area contributed by atoms with Crippen molar-refractivity contribution in [3.8, 4) is 0 Å². The maximum Gasteiger partial charge on any atom is 0.416 e. The highest BCUT2D eigenvalue weighted by Gasteiger charge is 2.30. The van der Waals surface area contributed by atoms with Crippen molar-refractivity contribution < 1.29 is 22.1 Å². The zero-order valence-electron chi connectivity index (χ0n) is 11.7. The van der Waals surface area contributed by atoms with Crippen molar-refractivity contribution in [1.29, 1.82) is 0 Å². The van der Waals surface area contributed by atoms with Gasteiger partial charge in [0.25, 0.3) is 0 Å². The number of alkyl halides is 3. The third kappa shape index (κ3) is 3.79. The van der Waals surface area contributed by atoms with Crippen LogP contribution in [0.4, 0.5) is 13.2 Å². The Balaban J connectivity index is 2.30. The first kappa shape index (κ1) is 15.9. The zero-order chi connectivity index (χ0) is 15.8. The number of hydrogen-bond donors (Lipinski definition) is 0. The summed E-state index contributed by atoms with van der Waals surface area (Å²) in [6.45, 7) is 5.32. The summed E-state index contributed by atoms with van der Waals surface area (Å²) in [6, 6.07) is 4.67. The molecule has 1 aromatic heterocycles. The number of furan rings is 1. The van der Waals surface area contributed by atoms with Crippen molar-refractivity contribution in [1.82, 2.24) is 0 Å². The van der Waals surface area contributed by atoms with Crippen molar-refractivity contribution in [2.75, 3.05) is 0 Å². The van der Waals surface area contributed by atoms with Gasteiger partial charge in [-0.05, 0) is 45.0 Å². The zero-order valence-corrected chi connectivity index (χ0v) is 12.5. The number of rotatable bonds is 2. The van der Waals surface area contributed by atoms with Gasteiger partial charge in [0.1, 0.15) is 27.9 Å². The van der Waals surface area contributed by atoms with E-state index in [9.17, 15) is 17.7 Å². The van der Waals surface area contributed by atoms with Gasteiger partial charge in [0, 0.05) is 5.39 Å². The molecule has 2 rings (SSSR count). The molecule has 1 aromatic carbocycles. The van der Waals surface area contributed by atoms with E-state index in [1.54, 1.807) is 20.8 Å². The summed E-state index contributed by atoms with van der Waals surface area (Å²) in [6.07, 6.45) is -3.12. The van der Waals surface area contributed by atoms with E-state index < -0.39 is 27.8 Å². The first-order valence-electron chi connectivity index (χ1n) is 6.14. The molecule has 0 fully saturated rings. The van der Waals surface area contributed by atoms with Gasteiger partial charge in [-0.1, -0.05) is 4.40 Å². The summed E-state index contributed by atoms with van der Waals surface area (Å²) in [4.78, 5) is 0. The molecule has 0 aliphatic rings. The molecular weight excluding hydrogens is 303 g/mol. The van der Waals surface area contributed by atoms with Crippen LogP contribution in [0.3, 0.4) is 0 Å². The van der Waals surface area contributed by atoms with Crippen LogP contribution < -0.4 is 0 Å². The summed E-state index contributed by atoms with van der Waals surface area (Å²) in [5.41, 5.74) is -0.413. The topological polar surface area (TPSA) is 48.6 Å². The highest BCUT2D eigenvalue weighted by molar-refractivity contribution is 7.91. The SMILES string of the molecule is CC(C)(C)[S+]([O-])/N=C\c1cc2cc(C(F)(F)F)ccc2o1. The monoisotopic (exact) mass is 317 g/mol. The van der Waals surface area contributed by atoms with Crippen molar-refractivity contribution in [2.45, 2.75) is 31.7 Å². The average Bonchev–Trinajstić information content (AvgIpc) is 2.75. The second-order valence-electron chi connectivity index (χ2n) is 5.50. The maximum atomic E-state index is 12.6. The Labute approximate surface area is 123 Å². The first-order valence-corrected chi connectivity index (χ1v) is 7.25. The Morgan fingerprint density at radius 2 is 1.86 bits per heavy atom. The lowest BCUT2D eigenvalue weighted by Gasteiger charge is -2.17. The van der Waals surface area contributed by atoms with E-state index in [1.165, 1.54) is 18.3 Å². The molecule has 1 unspecified atom stereocenters. The Morgan fingerprint density at radius 3 is 2.43 bits per heavy atom.